The fraction of sp³-hybridized carbons (Fsp3) is 0.412. The van der Waals surface area contributed by atoms with E-state index in [0.29, 0.717) is 34.7 Å². The number of rotatable bonds is 6. The lowest BCUT2D eigenvalue weighted by atomic mass is 10.0. The molecule has 0 spiro atoms. The number of aromatic nitrogens is 2. The average Bonchev–Trinajstić information content (AvgIpc) is 3.22. The number of carbonyl (C=O) groups excluding carboxylic acids is 1. The van der Waals surface area contributed by atoms with Gasteiger partial charge in [-0.1, -0.05) is 35.3 Å². The van der Waals surface area contributed by atoms with Crippen LogP contribution in [0.15, 0.2) is 30.5 Å². The predicted molar refractivity (Wildman–Crippen MR) is 96.6 cm³/mol. The van der Waals surface area contributed by atoms with Gasteiger partial charge in [-0.2, -0.15) is 5.10 Å². The third-order valence-electron chi connectivity index (χ3n) is 4.28. The smallest absolute Gasteiger partial charge is 0.225 e. The zero-order valence-electron chi connectivity index (χ0n) is 13.3. The normalized spacial score (nSPS) is 17.2. The Labute approximate surface area is 151 Å². The molecule has 128 valence electrons. The molecular weight excluding hydrogens is 347 g/mol. The number of amides is 1. The van der Waals surface area contributed by atoms with Crippen molar-refractivity contribution in [3.8, 4) is 0 Å². The lowest BCUT2D eigenvalue weighted by Gasteiger charge is -2.12. The molecule has 1 atom stereocenters. The van der Waals surface area contributed by atoms with E-state index >= 15 is 0 Å². The summed E-state index contributed by atoms with van der Waals surface area (Å²) in [5.74, 6) is 1.28. The molecule has 1 amide bonds. The van der Waals surface area contributed by atoms with Crippen molar-refractivity contribution in [2.75, 3.05) is 18.4 Å². The Balaban J connectivity index is 1.60. The molecule has 1 aliphatic heterocycles. The number of hydrogen-bond acceptors (Lipinski definition) is 3. The molecule has 1 aromatic heterocycles. The number of nitrogens with zero attached hydrogens (tertiary/aromatic N) is 2. The number of carbonyl (C=O) groups is 1. The maximum absolute atomic E-state index is 12.2. The van der Waals surface area contributed by atoms with Gasteiger partial charge in [0.25, 0.3) is 0 Å². The maximum atomic E-state index is 12.2. The Morgan fingerprint density at radius 1 is 1.38 bits per heavy atom. The standard InChI is InChI=1S/C17H20Cl2N4O/c18-14-3-1-2-13(17(14)19)11-23-15(7-9-21-23)22-16(24)5-4-12-6-8-20-10-12/h1-3,7,9,12,20H,4-6,8,10-11H2,(H,22,24). The summed E-state index contributed by atoms with van der Waals surface area (Å²) in [6.45, 7) is 2.52. The monoisotopic (exact) mass is 366 g/mol. The van der Waals surface area contributed by atoms with E-state index in [0.717, 1.165) is 31.5 Å². The third kappa shape index (κ3) is 4.29. The molecular formula is C17H20Cl2N4O. The molecule has 2 heterocycles. The second-order valence-electron chi connectivity index (χ2n) is 6.03. The summed E-state index contributed by atoms with van der Waals surface area (Å²) in [6, 6.07) is 7.28. The Kier molecular flexibility index (Phi) is 5.76. The van der Waals surface area contributed by atoms with Crippen molar-refractivity contribution >= 4 is 34.9 Å². The topological polar surface area (TPSA) is 59.0 Å². The van der Waals surface area contributed by atoms with E-state index in [4.69, 9.17) is 23.2 Å². The van der Waals surface area contributed by atoms with E-state index in [1.54, 1.807) is 23.0 Å². The fourth-order valence-corrected chi connectivity index (χ4v) is 3.28. The summed E-state index contributed by atoms with van der Waals surface area (Å²) >= 11 is 12.3. The van der Waals surface area contributed by atoms with E-state index in [-0.39, 0.29) is 5.91 Å². The molecule has 1 saturated heterocycles. The van der Waals surface area contributed by atoms with Gasteiger partial charge in [-0.25, -0.2) is 4.68 Å². The van der Waals surface area contributed by atoms with Crippen molar-refractivity contribution in [2.24, 2.45) is 5.92 Å². The van der Waals surface area contributed by atoms with Gasteiger partial charge in [0.05, 0.1) is 22.8 Å². The summed E-state index contributed by atoms with van der Waals surface area (Å²) in [5.41, 5.74) is 0.861. The van der Waals surface area contributed by atoms with Crippen molar-refractivity contribution in [1.29, 1.82) is 0 Å². The Bertz CT molecular complexity index is 710. The van der Waals surface area contributed by atoms with Gasteiger partial charge in [0.1, 0.15) is 5.82 Å². The lowest BCUT2D eigenvalue weighted by molar-refractivity contribution is -0.116. The summed E-state index contributed by atoms with van der Waals surface area (Å²) in [4.78, 5) is 12.2. The SMILES string of the molecule is O=C(CCC1CCNC1)Nc1ccnn1Cc1cccc(Cl)c1Cl. The van der Waals surface area contributed by atoms with Crippen LogP contribution in [0.2, 0.25) is 10.0 Å². The van der Waals surface area contributed by atoms with Gasteiger partial charge in [0.2, 0.25) is 5.91 Å². The highest BCUT2D eigenvalue weighted by Gasteiger charge is 2.16. The number of benzene rings is 1. The van der Waals surface area contributed by atoms with Gasteiger partial charge in [0.15, 0.2) is 0 Å². The van der Waals surface area contributed by atoms with Crippen LogP contribution in [0.25, 0.3) is 0 Å². The summed E-state index contributed by atoms with van der Waals surface area (Å²) < 4.78 is 1.71. The highest BCUT2D eigenvalue weighted by molar-refractivity contribution is 6.42. The van der Waals surface area contributed by atoms with Crippen molar-refractivity contribution < 1.29 is 4.79 Å². The van der Waals surface area contributed by atoms with E-state index in [9.17, 15) is 4.79 Å². The van der Waals surface area contributed by atoms with Crippen molar-refractivity contribution in [3.63, 3.8) is 0 Å². The van der Waals surface area contributed by atoms with E-state index in [1.807, 2.05) is 12.1 Å². The first-order valence-corrected chi connectivity index (χ1v) is 8.84. The quantitative estimate of drug-likeness (QED) is 0.821. The van der Waals surface area contributed by atoms with E-state index in [1.165, 1.54) is 0 Å². The molecule has 0 bridgehead atoms. The van der Waals surface area contributed by atoms with Gasteiger partial charge in [-0.05, 0) is 43.5 Å². The molecule has 5 nitrogen and oxygen atoms in total. The maximum Gasteiger partial charge on any atom is 0.225 e. The summed E-state index contributed by atoms with van der Waals surface area (Å²) in [7, 11) is 0. The Morgan fingerprint density at radius 3 is 3.04 bits per heavy atom. The van der Waals surface area contributed by atoms with Gasteiger partial charge < -0.3 is 10.6 Å². The van der Waals surface area contributed by atoms with Crippen LogP contribution < -0.4 is 10.6 Å². The number of halogens is 2. The average molecular weight is 367 g/mol. The van der Waals surface area contributed by atoms with Gasteiger partial charge in [0, 0.05) is 12.5 Å². The van der Waals surface area contributed by atoms with Gasteiger partial charge in [-0.3, -0.25) is 4.79 Å². The summed E-state index contributed by atoms with van der Waals surface area (Å²) in [6.07, 6.45) is 4.25. The molecule has 1 aliphatic rings. The minimum atomic E-state index is 0.0147. The van der Waals surface area contributed by atoms with Crippen LogP contribution in [0.3, 0.4) is 0 Å². The second kappa shape index (κ2) is 8.01. The van der Waals surface area contributed by atoms with Crippen LogP contribution in [-0.4, -0.2) is 28.8 Å². The highest BCUT2D eigenvalue weighted by atomic mass is 35.5. The molecule has 1 unspecified atom stereocenters. The molecule has 2 N–H and O–H groups in total. The van der Waals surface area contributed by atoms with Crippen LogP contribution in [-0.2, 0) is 11.3 Å². The first kappa shape index (κ1) is 17.3. The van der Waals surface area contributed by atoms with E-state index in [2.05, 4.69) is 15.7 Å². The molecule has 3 rings (SSSR count). The molecule has 1 fully saturated rings. The zero-order valence-corrected chi connectivity index (χ0v) is 14.8. The number of hydrogen-bond donors (Lipinski definition) is 2. The predicted octanol–water partition coefficient (Wildman–Crippen LogP) is 3.57. The van der Waals surface area contributed by atoms with Crippen LogP contribution in [0.5, 0.6) is 0 Å². The molecule has 0 aliphatic carbocycles. The minimum Gasteiger partial charge on any atom is -0.316 e. The van der Waals surface area contributed by atoms with Crippen LogP contribution in [0, 0.1) is 5.92 Å². The van der Waals surface area contributed by atoms with Crippen LogP contribution >= 0.6 is 23.2 Å². The van der Waals surface area contributed by atoms with Crippen molar-refractivity contribution in [2.45, 2.75) is 25.8 Å². The van der Waals surface area contributed by atoms with Crippen LogP contribution in [0.1, 0.15) is 24.8 Å². The lowest BCUT2D eigenvalue weighted by Crippen LogP contribution is -2.17. The highest BCUT2D eigenvalue weighted by Crippen LogP contribution is 2.26. The fourth-order valence-electron chi connectivity index (χ4n) is 2.90. The summed E-state index contributed by atoms with van der Waals surface area (Å²) in [5, 5.41) is 11.5. The van der Waals surface area contributed by atoms with Gasteiger partial charge in [-0.15, -0.1) is 0 Å². The van der Waals surface area contributed by atoms with Crippen LogP contribution in [0.4, 0.5) is 5.82 Å². The zero-order chi connectivity index (χ0) is 16.9. The number of anilines is 1. The van der Waals surface area contributed by atoms with Crippen molar-refractivity contribution in [3.05, 3.63) is 46.1 Å². The Morgan fingerprint density at radius 2 is 2.25 bits per heavy atom. The molecule has 24 heavy (non-hydrogen) atoms. The van der Waals surface area contributed by atoms with Crippen molar-refractivity contribution in [1.82, 2.24) is 15.1 Å². The third-order valence-corrected chi connectivity index (χ3v) is 5.14. The molecule has 7 heteroatoms. The first-order chi connectivity index (χ1) is 11.6. The van der Waals surface area contributed by atoms with Gasteiger partial charge >= 0.3 is 0 Å². The van der Waals surface area contributed by atoms with E-state index < -0.39 is 0 Å². The largest absolute Gasteiger partial charge is 0.316 e. The first-order valence-electron chi connectivity index (χ1n) is 8.09. The second-order valence-corrected chi connectivity index (χ2v) is 6.82. The molecule has 0 saturated carbocycles. The minimum absolute atomic E-state index is 0.0147. The molecule has 2 aromatic rings. The molecule has 1 aromatic carbocycles. The number of nitrogens with one attached hydrogen (secondary N) is 2. The Hall–Kier alpha value is -1.56. The molecule has 0 radical (unpaired) electrons.